The lowest BCUT2D eigenvalue weighted by atomic mass is 10.1. The highest BCUT2D eigenvalue weighted by Gasteiger charge is 2.11. The highest BCUT2D eigenvalue weighted by Crippen LogP contribution is 2.19. The van der Waals surface area contributed by atoms with Crippen molar-refractivity contribution in [3.8, 4) is 0 Å². The summed E-state index contributed by atoms with van der Waals surface area (Å²) < 4.78 is 0. The quantitative estimate of drug-likeness (QED) is 0.755. The molecule has 0 heterocycles. The van der Waals surface area contributed by atoms with Gasteiger partial charge in [0.05, 0.1) is 6.10 Å². The Kier molecular flexibility index (Phi) is 6.49. The van der Waals surface area contributed by atoms with Crippen molar-refractivity contribution in [3.63, 3.8) is 0 Å². The molecule has 1 aromatic rings. The van der Waals surface area contributed by atoms with Crippen LogP contribution in [-0.4, -0.2) is 36.9 Å². The van der Waals surface area contributed by atoms with Crippen LogP contribution in [0.2, 0.25) is 0 Å². The molecular weight excluding hydrogens is 266 g/mol. The summed E-state index contributed by atoms with van der Waals surface area (Å²) in [6.07, 6.45) is -0.533. The van der Waals surface area contributed by atoms with Gasteiger partial charge in [-0.1, -0.05) is 19.9 Å². The number of rotatable bonds is 6. The minimum absolute atomic E-state index is 0.119. The molecular formula is C16H27N3O2. The molecule has 0 radical (unpaired) electrons. The summed E-state index contributed by atoms with van der Waals surface area (Å²) in [5, 5.41) is 15.1. The van der Waals surface area contributed by atoms with E-state index in [2.05, 4.69) is 29.4 Å². The summed E-state index contributed by atoms with van der Waals surface area (Å²) >= 11 is 0. The number of carbonyl (C=O) groups is 1. The van der Waals surface area contributed by atoms with E-state index in [9.17, 15) is 9.90 Å². The maximum Gasteiger partial charge on any atom is 0.319 e. The molecule has 0 saturated carbocycles. The number of anilines is 2. The molecule has 3 N–H and O–H groups in total. The molecule has 0 spiro atoms. The van der Waals surface area contributed by atoms with Gasteiger partial charge in [0.2, 0.25) is 0 Å². The van der Waals surface area contributed by atoms with Gasteiger partial charge in [-0.15, -0.1) is 0 Å². The van der Waals surface area contributed by atoms with Crippen molar-refractivity contribution in [2.45, 2.75) is 39.8 Å². The SMILES string of the molecule is CC(C)[C@@H](O)CNC(=O)Nc1cccc(N(C)C(C)C)c1. The predicted molar refractivity (Wildman–Crippen MR) is 87.8 cm³/mol. The lowest BCUT2D eigenvalue weighted by molar-refractivity contribution is 0.126. The standard InChI is InChI=1S/C16H27N3O2/c1-11(2)15(20)10-17-16(21)18-13-7-6-8-14(9-13)19(5)12(3)4/h6-9,11-12,15,20H,10H2,1-5H3,(H2,17,18,21)/t15-/m0/s1. The van der Waals surface area contributed by atoms with Crippen LogP contribution in [0.5, 0.6) is 0 Å². The number of nitrogens with one attached hydrogen (secondary N) is 2. The third-order valence-corrected chi connectivity index (χ3v) is 3.53. The number of aliphatic hydroxyl groups excluding tert-OH is 1. The Morgan fingerprint density at radius 1 is 1.29 bits per heavy atom. The van der Waals surface area contributed by atoms with E-state index in [4.69, 9.17) is 0 Å². The lowest BCUT2D eigenvalue weighted by Crippen LogP contribution is -2.37. The van der Waals surface area contributed by atoms with E-state index in [0.29, 0.717) is 6.04 Å². The van der Waals surface area contributed by atoms with Crippen LogP contribution in [0.1, 0.15) is 27.7 Å². The molecule has 0 fully saturated rings. The number of benzene rings is 1. The van der Waals surface area contributed by atoms with Gasteiger partial charge >= 0.3 is 6.03 Å². The van der Waals surface area contributed by atoms with E-state index in [1.165, 1.54) is 0 Å². The van der Waals surface area contributed by atoms with Crippen LogP contribution in [0.15, 0.2) is 24.3 Å². The normalized spacial score (nSPS) is 12.4. The van der Waals surface area contributed by atoms with Crippen LogP contribution < -0.4 is 15.5 Å². The molecule has 1 atom stereocenters. The molecule has 0 aliphatic heterocycles. The van der Waals surface area contributed by atoms with Crippen molar-refractivity contribution < 1.29 is 9.90 Å². The largest absolute Gasteiger partial charge is 0.391 e. The Labute approximate surface area is 127 Å². The average molecular weight is 293 g/mol. The fourth-order valence-corrected chi connectivity index (χ4v) is 1.71. The van der Waals surface area contributed by atoms with Crippen molar-refractivity contribution in [2.75, 3.05) is 23.8 Å². The minimum atomic E-state index is -0.533. The van der Waals surface area contributed by atoms with E-state index in [1.807, 2.05) is 45.2 Å². The molecule has 0 bridgehead atoms. The van der Waals surface area contributed by atoms with Crippen LogP contribution in [-0.2, 0) is 0 Å². The molecule has 21 heavy (non-hydrogen) atoms. The van der Waals surface area contributed by atoms with E-state index in [-0.39, 0.29) is 18.5 Å². The summed E-state index contributed by atoms with van der Waals surface area (Å²) in [6.45, 7) is 8.29. The molecule has 2 amide bonds. The van der Waals surface area contributed by atoms with E-state index in [1.54, 1.807) is 0 Å². The molecule has 1 aromatic carbocycles. The maximum absolute atomic E-state index is 11.8. The fraction of sp³-hybridized carbons (Fsp3) is 0.562. The predicted octanol–water partition coefficient (Wildman–Crippen LogP) is 2.67. The first-order valence-corrected chi connectivity index (χ1v) is 7.37. The smallest absolute Gasteiger partial charge is 0.319 e. The Morgan fingerprint density at radius 3 is 2.52 bits per heavy atom. The van der Waals surface area contributed by atoms with Gasteiger partial charge in [0.15, 0.2) is 0 Å². The number of amides is 2. The topological polar surface area (TPSA) is 64.6 Å². The highest BCUT2D eigenvalue weighted by atomic mass is 16.3. The molecule has 5 heteroatoms. The van der Waals surface area contributed by atoms with Gasteiger partial charge in [-0.3, -0.25) is 0 Å². The van der Waals surface area contributed by atoms with Crippen molar-refractivity contribution >= 4 is 17.4 Å². The average Bonchev–Trinajstić information content (AvgIpc) is 2.43. The summed E-state index contributed by atoms with van der Waals surface area (Å²) in [5.41, 5.74) is 1.78. The first-order chi connectivity index (χ1) is 9.81. The second kappa shape index (κ2) is 7.88. The van der Waals surface area contributed by atoms with E-state index >= 15 is 0 Å². The van der Waals surface area contributed by atoms with Gasteiger partial charge in [-0.25, -0.2) is 4.79 Å². The molecule has 5 nitrogen and oxygen atoms in total. The Morgan fingerprint density at radius 2 is 1.95 bits per heavy atom. The van der Waals surface area contributed by atoms with Crippen LogP contribution in [0.3, 0.4) is 0 Å². The third kappa shape index (κ3) is 5.63. The lowest BCUT2D eigenvalue weighted by Gasteiger charge is -2.24. The summed E-state index contributed by atoms with van der Waals surface area (Å²) in [7, 11) is 2.02. The zero-order valence-corrected chi connectivity index (χ0v) is 13.6. The van der Waals surface area contributed by atoms with Gasteiger partial charge in [-0.05, 0) is 38.0 Å². The first kappa shape index (κ1) is 17.3. The van der Waals surface area contributed by atoms with Gasteiger partial charge in [0.1, 0.15) is 0 Å². The van der Waals surface area contributed by atoms with Crippen LogP contribution in [0.4, 0.5) is 16.2 Å². The van der Waals surface area contributed by atoms with Crippen molar-refractivity contribution in [1.82, 2.24) is 5.32 Å². The van der Waals surface area contributed by atoms with Crippen LogP contribution >= 0.6 is 0 Å². The summed E-state index contributed by atoms with van der Waals surface area (Å²) in [6, 6.07) is 7.77. The third-order valence-electron chi connectivity index (χ3n) is 3.53. The Hall–Kier alpha value is -1.75. The van der Waals surface area contributed by atoms with Gasteiger partial charge < -0.3 is 20.6 Å². The van der Waals surface area contributed by atoms with E-state index < -0.39 is 6.10 Å². The number of urea groups is 1. The Bertz CT molecular complexity index is 461. The number of carbonyl (C=O) groups excluding carboxylic acids is 1. The van der Waals surface area contributed by atoms with Crippen LogP contribution in [0, 0.1) is 5.92 Å². The molecule has 0 aromatic heterocycles. The van der Waals surface area contributed by atoms with Gasteiger partial charge in [-0.2, -0.15) is 0 Å². The number of nitrogens with zero attached hydrogens (tertiary/aromatic N) is 1. The zero-order valence-electron chi connectivity index (χ0n) is 13.6. The second-order valence-electron chi connectivity index (χ2n) is 5.90. The van der Waals surface area contributed by atoms with Crippen molar-refractivity contribution in [1.29, 1.82) is 0 Å². The van der Waals surface area contributed by atoms with Crippen LogP contribution in [0.25, 0.3) is 0 Å². The highest BCUT2D eigenvalue weighted by molar-refractivity contribution is 5.89. The molecule has 0 saturated heterocycles. The molecule has 0 aliphatic carbocycles. The van der Waals surface area contributed by atoms with E-state index in [0.717, 1.165) is 11.4 Å². The first-order valence-electron chi connectivity index (χ1n) is 7.37. The Balaban J connectivity index is 2.59. The number of hydrogen-bond donors (Lipinski definition) is 3. The monoisotopic (exact) mass is 293 g/mol. The molecule has 0 aliphatic rings. The number of aliphatic hydroxyl groups is 1. The van der Waals surface area contributed by atoms with Gasteiger partial charge in [0.25, 0.3) is 0 Å². The molecule has 1 rings (SSSR count). The second-order valence-corrected chi connectivity index (χ2v) is 5.90. The van der Waals surface area contributed by atoms with Gasteiger partial charge in [0, 0.05) is 31.0 Å². The summed E-state index contributed by atoms with van der Waals surface area (Å²) in [4.78, 5) is 13.9. The zero-order chi connectivity index (χ0) is 16.0. The van der Waals surface area contributed by atoms with Crippen molar-refractivity contribution in [3.05, 3.63) is 24.3 Å². The maximum atomic E-state index is 11.8. The summed E-state index contributed by atoms with van der Waals surface area (Å²) in [5.74, 6) is 0.119. The number of hydrogen-bond acceptors (Lipinski definition) is 3. The molecule has 118 valence electrons. The molecule has 0 unspecified atom stereocenters. The minimum Gasteiger partial charge on any atom is -0.391 e. The van der Waals surface area contributed by atoms with Crippen molar-refractivity contribution in [2.24, 2.45) is 5.92 Å². The fourth-order valence-electron chi connectivity index (χ4n) is 1.71.